The third-order valence-corrected chi connectivity index (χ3v) is 3.67. The summed E-state index contributed by atoms with van der Waals surface area (Å²) in [7, 11) is 0. The summed E-state index contributed by atoms with van der Waals surface area (Å²) in [6, 6.07) is 12.6. The van der Waals surface area contributed by atoms with Crippen molar-refractivity contribution in [1.82, 2.24) is 5.43 Å². The first-order chi connectivity index (χ1) is 9.78. The van der Waals surface area contributed by atoms with Gasteiger partial charge in [0.25, 0.3) is 0 Å². The van der Waals surface area contributed by atoms with Crippen LogP contribution in [0.2, 0.25) is 0 Å². The molecule has 0 fully saturated rings. The number of hydrazine groups is 1. The number of hydrogen-bond donors (Lipinski definition) is 2. The summed E-state index contributed by atoms with van der Waals surface area (Å²) in [6.45, 7) is 0.722. The van der Waals surface area contributed by atoms with Crippen LogP contribution in [0.25, 0.3) is 0 Å². The largest absolute Gasteiger partial charge is 0.493 e. The molecule has 1 aliphatic heterocycles. The van der Waals surface area contributed by atoms with E-state index in [1.54, 1.807) is 12.1 Å². The first-order valence-corrected chi connectivity index (χ1v) is 6.73. The van der Waals surface area contributed by atoms with Gasteiger partial charge in [0.1, 0.15) is 11.6 Å². The number of nitrogens with one attached hydrogen (secondary N) is 1. The molecular formula is C16H17FN2O. The lowest BCUT2D eigenvalue weighted by atomic mass is 9.96. The van der Waals surface area contributed by atoms with Crippen molar-refractivity contribution in [3.05, 3.63) is 65.0 Å². The molecule has 0 aliphatic carbocycles. The van der Waals surface area contributed by atoms with Gasteiger partial charge in [-0.05, 0) is 29.7 Å². The van der Waals surface area contributed by atoms with Gasteiger partial charge in [0.15, 0.2) is 0 Å². The molecule has 3 nitrogen and oxygen atoms in total. The summed E-state index contributed by atoms with van der Waals surface area (Å²) in [4.78, 5) is 0. The Bertz CT molecular complexity index is 598. The van der Waals surface area contributed by atoms with Gasteiger partial charge in [-0.15, -0.1) is 0 Å². The van der Waals surface area contributed by atoms with Crippen molar-refractivity contribution in [2.24, 2.45) is 5.84 Å². The van der Waals surface area contributed by atoms with Gasteiger partial charge in [0.05, 0.1) is 12.6 Å². The molecule has 3 rings (SSSR count). The average molecular weight is 272 g/mol. The van der Waals surface area contributed by atoms with E-state index in [0.717, 1.165) is 29.9 Å². The fourth-order valence-electron chi connectivity index (χ4n) is 2.63. The fraction of sp³-hybridized carbons (Fsp3) is 0.250. The Morgan fingerprint density at radius 3 is 2.75 bits per heavy atom. The minimum atomic E-state index is -0.227. The molecule has 3 N–H and O–H groups in total. The second kappa shape index (κ2) is 5.61. The predicted molar refractivity (Wildman–Crippen MR) is 75.8 cm³/mol. The van der Waals surface area contributed by atoms with E-state index in [-0.39, 0.29) is 11.9 Å². The number of fused-ring (bicyclic) bond motifs is 1. The summed E-state index contributed by atoms with van der Waals surface area (Å²) in [5, 5.41) is 0. The van der Waals surface area contributed by atoms with E-state index >= 15 is 0 Å². The van der Waals surface area contributed by atoms with E-state index in [2.05, 4.69) is 11.5 Å². The van der Waals surface area contributed by atoms with E-state index in [1.807, 2.05) is 12.1 Å². The van der Waals surface area contributed by atoms with Gasteiger partial charge in [-0.3, -0.25) is 11.3 Å². The zero-order valence-electron chi connectivity index (χ0n) is 11.1. The lowest BCUT2D eigenvalue weighted by molar-refractivity contribution is 0.348. The predicted octanol–water partition coefficient (Wildman–Crippen LogP) is 2.51. The van der Waals surface area contributed by atoms with E-state index in [9.17, 15) is 4.39 Å². The number of hydrogen-bond acceptors (Lipinski definition) is 3. The zero-order chi connectivity index (χ0) is 13.9. The molecule has 0 saturated heterocycles. The highest BCUT2D eigenvalue weighted by atomic mass is 19.1. The van der Waals surface area contributed by atoms with Crippen molar-refractivity contribution in [3.8, 4) is 5.75 Å². The van der Waals surface area contributed by atoms with Crippen LogP contribution in [-0.4, -0.2) is 6.61 Å². The number of benzene rings is 2. The lowest BCUT2D eigenvalue weighted by Crippen LogP contribution is -2.29. The molecule has 1 aliphatic rings. The first kappa shape index (κ1) is 13.1. The van der Waals surface area contributed by atoms with Gasteiger partial charge in [0, 0.05) is 12.0 Å². The van der Waals surface area contributed by atoms with Gasteiger partial charge in [-0.25, -0.2) is 4.39 Å². The number of para-hydroxylation sites is 1. The SMILES string of the molecule is NNC(Cc1ccc(F)cc1)c1cccc2c1OCC2. The minimum Gasteiger partial charge on any atom is -0.493 e. The van der Waals surface area contributed by atoms with Gasteiger partial charge in [-0.2, -0.15) is 0 Å². The molecule has 1 atom stereocenters. The Labute approximate surface area is 117 Å². The normalized spacial score (nSPS) is 14.7. The van der Waals surface area contributed by atoms with E-state index < -0.39 is 0 Å². The molecule has 104 valence electrons. The van der Waals surface area contributed by atoms with Crippen LogP contribution in [0.1, 0.15) is 22.7 Å². The molecule has 4 heteroatoms. The monoisotopic (exact) mass is 272 g/mol. The molecule has 1 unspecified atom stereocenters. The molecule has 0 bridgehead atoms. The van der Waals surface area contributed by atoms with Crippen molar-refractivity contribution in [2.45, 2.75) is 18.9 Å². The molecule has 0 amide bonds. The zero-order valence-corrected chi connectivity index (χ0v) is 11.1. The molecule has 2 aromatic rings. The highest BCUT2D eigenvalue weighted by molar-refractivity contribution is 5.46. The van der Waals surface area contributed by atoms with Crippen LogP contribution in [-0.2, 0) is 12.8 Å². The standard InChI is InChI=1S/C16H17FN2O/c17-13-6-4-11(5-7-13)10-15(19-18)14-3-1-2-12-8-9-20-16(12)14/h1-7,15,19H,8-10,18H2. The Morgan fingerprint density at radius 2 is 2.00 bits per heavy atom. The van der Waals surface area contributed by atoms with Crippen molar-refractivity contribution in [2.75, 3.05) is 6.61 Å². The van der Waals surface area contributed by atoms with Gasteiger partial charge >= 0.3 is 0 Å². The Morgan fingerprint density at radius 1 is 1.20 bits per heavy atom. The van der Waals surface area contributed by atoms with Crippen LogP contribution in [0.15, 0.2) is 42.5 Å². The van der Waals surface area contributed by atoms with Crippen LogP contribution in [0, 0.1) is 5.82 Å². The van der Waals surface area contributed by atoms with Gasteiger partial charge < -0.3 is 4.74 Å². The van der Waals surface area contributed by atoms with Crippen molar-refractivity contribution < 1.29 is 9.13 Å². The quantitative estimate of drug-likeness (QED) is 0.664. The van der Waals surface area contributed by atoms with Gasteiger partial charge in [0.2, 0.25) is 0 Å². The molecule has 20 heavy (non-hydrogen) atoms. The number of nitrogens with two attached hydrogens (primary N) is 1. The van der Waals surface area contributed by atoms with E-state index in [4.69, 9.17) is 10.6 Å². The van der Waals surface area contributed by atoms with Crippen molar-refractivity contribution in [1.29, 1.82) is 0 Å². The molecule has 0 spiro atoms. The summed E-state index contributed by atoms with van der Waals surface area (Å²) >= 11 is 0. The molecule has 0 radical (unpaired) electrons. The second-order valence-electron chi connectivity index (χ2n) is 4.98. The summed E-state index contributed by atoms with van der Waals surface area (Å²) < 4.78 is 18.7. The number of rotatable bonds is 4. The minimum absolute atomic E-state index is 0.0477. The second-order valence-corrected chi connectivity index (χ2v) is 4.98. The highest BCUT2D eigenvalue weighted by Crippen LogP contribution is 2.34. The maximum atomic E-state index is 12.9. The van der Waals surface area contributed by atoms with E-state index in [1.165, 1.54) is 17.7 Å². The molecule has 0 saturated carbocycles. The topological polar surface area (TPSA) is 47.3 Å². The van der Waals surface area contributed by atoms with Gasteiger partial charge in [-0.1, -0.05) is 30.3 Å². The third kappa shape index (κ3) is 2.53. The maximum absolute atomic E-state index is 12.9. The number of halogens is 1. The highest BCUT2D eigenvalue weighted by Gasteiger charge is 2.21. The third-order valence-electron chi connectivity index (χ3n) is 3.67. The average Bonchev–Trinajstić information content (AvgIpc) is 2.95. The Hall–Kier alpha value is -1.91. The summed E-state index contributed by atoms with van der Waals surface area (Å²) in [6.07, 6.45) is 1.63. The smallest absolute Gasteiger partial charge is 0.127 e. The molecule has 0 aromatic heterocycles. The van der Waals surface area contributed by atoms with Crippen LogP contribution < -0.4 is 16.0 Å². The van der Waals surface area contributed by atoms with Crippen molar-refractivity contribution >= 4 is 0 Å². The van der Waals surface area contributed by atoms with Crippen LogP contribution in [0.5, 0.6) is 5.75 Å². The Kier molecular flexibility index (Phi) is 3.67. The number of ether oxygens (including phenoxy) is 1. The van der Waals surface area contributed by atoms with Crippen LogP contribution >= 0.6 is 0 Å². The molecular weight excluding hydrogens is 255 g/mol. The molecule has 2 aromatic carbocycles. The van der Waals surface area contributed by atoms with Crippen LogP contribution in [0.4, 0.5) is 4.39 Å². The Balaban J connectivity index is 1.87. The summed E-state index contributed by atoms with van der Waals surface area (Å²) in [5.74, 6) is 6.41. The first-order valence-electron chi connectivity index (χ1n) is 6.73. The lowest BCUT2D eigenvalue weighted by Gasteiger charge is -2.19. The maximum Gasteiger partial charge on any atom is 0.127 e. The van der Waals surface area contributed by atoms with E-state index in [0.29, 0.717) is 6.42 Å². The summed E-state index contributed by atoms with van der Waals surface area (Å²) in [5.41, 5.74) is 6.16. The fourth-order valence-corrected chi connectivity index (χ4v) is 2.63. The molecule has 1 heterocycles. The van der Waals surface area contributed by atoms with Crippen molar-refractivity contribution in [3.63, 3.8) is 0 Å². The van der Waals surface area contributed by atoms with Crippen LogP contribution in [0.3, 0.4) is 0 Å².